The first-order valence-corrected chi connectivity index (χ1v) is 18.5. The third kappa shape index (κ3) is 17.2. The number of rotatable bonds is 9. The Hall–Kier alpha value is -4.59. The molecule has 0 aromatic heterocycles. The van der Waals surface area contributed by atoms with Crippen LogP contribution in [0.5, 0.6) is 0 Å². The van der Waals surface area contributed by atoms with Crippen LogP contribution in [0.4, 0.5) is 22.7 Å². The molecule has 50 heavy (non-hydrogen) atoms. The minimum Gasteiger partial charge on any atom is -0.378 e. The van der Waals surface area contributed by atoms with Crippen molar-refractivity contribution in [1.82, 2.24) is 0 Å². The maximum atomic E-state index is 6.03. The van der Waals surface area contributed by atoms with Gasteiger partial charge in [0, 0.05) is 28.8 Å². The van der Waals surface area contributed by atoms with Crippen LogP contribution >= 0.6 is 59.6 Å². The molecule has 0 unspecified atom stereocenters. The Kier molecular flexibility index (Phi) is 18.3. The average molecular weight is 759 g/mol. The molecule has 0 atom stereocenters. The smallest absolute Gasteiger partial charge is 0.168 e. The minimum atomic E-state index is 0.236. The van der Waals surface area contributed by atoms with Crippen LogP contribution in [0.2, 0.25) is 0 Å². The zero-order valence-corrected chi connectivity index (χ0v) is 31.1. The summed E-state index contributed by atoms with van der Waals surface area (Å²) in [6, 6.07) is 45.2. The second-order valence-electron chi connectivity index (χ2n) is 10.1. The van der Waals surface area contributed by atoms with Gasteiger partial charge in [-0.1, -0.05) is 115 Å². The Bertz CT molecular complexity index is 1680. The van der Waals surface area contributed by atoms with Gasteiger partial charge in [0.1, 0.15) is 0 Å². The first-order chi connectivity index (χ1) is 24.2. The molecule has 10 N–H and O–H groups in total. The number of anilines is 2. The lowest BCUT2D eigenvalue weighted by Crippen LogP contribution is -2.20. The molecule has 5 aromatic rings. The summed E-state index contributed by atoms with van der Waals surface area (Å²) in [5.41, 5.74) is 29.5. The van der Waals surface area contributed by atoms with Gasteiger partial charge >= 0.3 is 0 Å². The number of halogens is 1. The lowest BCUT2D eigenvalue weighted by atomic mass is 10.2. The van der Waals surface area contributed by atoms with E-state index >= 15 is 0 Å². The second-order valence-corrected chi connectivity index (χ2v) is 13.3. The fourth-order valence-electron chi connectivity index (χ4n) is 3.87. The Morgan fingerprint density at radius 1 is 0.500 bits per heavy atom. The van der Waals surface area contributed by atoms with Gasteiger partial charge in [0.2, 0.25) is 0 Å². The molecule has 8 nitrogen and oxygen atoms in total. The topological polar surface area (TPSA) is 153 Å². The van der Waals surface area contributed by atoms with Crippen LogP contribution in [-0.4, -0.2) is 20.6 Å². The highest BCUT2D eigenvalue weighted by Crippen LogP contribution is 2.22. The molecule has 0 bridgehead atoms. The van der Waals surface area contributed by atoms with Crippen LogP contribution in [0.1, 0.15) is 16.7 Å². The number of alkyl halides is 1. The van der Waals surface area contributed by atoms with E-state index in [1.807, 2.05) is 115 Å². The molecule has 0 saturated heterocycles. The number of amidine groups is 2. The predicted octanol–water partition coefficient (Wildman–Crippen LogP) is 8.87. The Morgan fingerprint density at radius 2 is 0.820 bits per heavy atom. The number of benzene rings is 5. The van der Waals surface area contributed by atoms with Crippen LogP contribution in [-0.2, 0) is 17.4 Å². The summed E-state index contributed by atoms with van der Waals surface area (Å²) in [4.78, 5) is 8.89. The molecular weight excluding hydrogens is 720 g/mol. The molecule has 0 aliphatic rings. The van der Waals surface area contributed by atoms with Gasteiger partial charge in [0.15, 0.2) is 20.6 Å². The molecule has 0 spiro atoms. The highest BCUT2D eigenvalue weighted by Gasteiger charge is 2.01. The monoisotopic (exact) mass is 758 g/mol. The van der Waals surface area contributed by atoms with Gasteiger partial charge in [0.05, 0.1) is 11.4 Å². The first kappa shape index (κ1) is 39.8. The fourth-order valence-corrected chi connectivity index (χ4v) is 5.64. The molecule has 0 saturated carbocycles. The first-order valence-electron chi connectivity index (χ1n) is 15.1. The molecule has 5 aromatic carbocycles. The highest BCUT2D eigenvalue weighted by atomic mass is 35.5. The van der Waals surface area contributed by atoms with Crippen LogP contribution < -0.4 is 33.6 Å². The number of thioether (sulfide) groups is 2. The van der Waals surface area contributed by atoms with E-state index in [1.54, 1.807) is 0 Å². The van der Waals surface area contributed by atoms with Crippen molar-refractivity contribution in [3.8, 4) is 0 Å². The maximum Gasteiger partial charge on any atom is 0.168 e. The number of nitrogens with zero attached hydrogens (tertiary/aromatic N) is 2. The maximum absolute atomic E-state index is 6.03. The molecule has 258 valence electrons. The van der Waals surface area contributed by atoms with Crippen molar-refractivity contribution in [2.45, 2.75) is 17.4 Å². The van der Waals surface area contributed by atoms with Crippen molar-refractivity contribution in [2.75, 3.05) is 10.6 Å². The zero-order valence-electron chi connectivity index (χ0n) is 27.1. The van der Waals surface area contributed by atoms with Crippen molar-refractivity contribution in [3.63, 3.8) is 0 Å². The summed E-state index contributed by atoms with van der Waals surface area (Å²) >= 11 is 17.9. The minimum absolute atomic E-state index is 0.236. The predicted molar refractivity (Wildman–Crippen MR) is 228 cm³/mol. The van der Waals surface area contributed by atoms with Crippen molar-refractivity contribution in [3.05, 3.63) is 156 Å². The zero-order chi connectivity index (χ0) is 36.0. The Balaban J connectivity index is 0.000000253. The molecule has 0 aliphatic carbocycles. The number of aliphatic imine (C=N–C) groups is 2. The summed E-state index contributed by atoms with van der Waals surface area (Å²) in [7, 11) is 0. The van der Waals surface area contributed by atoms with Crippen molar-refractivity contribution >= 4 is 103 Å². The van der Waals surface area contributed by atoms with Gasteiger partial charge in [0.25, 0.3) is 0 Å². The van der Waals surface area contributed by atoms with Crippen LogP contribution in [0.15, 0.2) is 150 Å². The summed E-state index contributed by atoms with van der Waals surface area (Å²) in [5, 5.41) is 7.16. The number of hydrogen-bond donors (Lipinski definition) is 6. The van der Waals surface area contributed by atoms with E-state index in [4.69, 9.17) is 59.0 Å². The standard InChI is InChI=1S/C22H22N4S2.C8H10N4S2.C7H7Cl/c23-21(27-15-17-7-3-1-4-8-17)25-19-11-13-20(14-12-19)26-22(24)28-16-18-9-5-2-6-10-18;9-7(13)11-5-1-2-6(4-3-5)12-8(10)14;8-6-7-4-2-1-3-5-7/h1-14H,15-16H2,(H2,23,25)(H2,24,26);1-4H,(H3,9,11,13)(H3,10,12,14);1-5H,6H2. The van der Waals surface area contributed by atoms with E-state index in [9.17, 15) is 0 Å². The SMILES string of the molecule is ClCc1ccccc1.NC(=Nc1ccc(N=C(N)SCc2ccccc2)cc1)SCc1ccccc1.NC(=S)Nc1ccc(NC(N)=S)cc1. The van der Waals surface area contributed by atoms with Crippen LogP contribution in [0.3, 0.4) is 0 Å². The molecular formula is C37H39ClN8S4. The number of nitrogens with two attached hydrogens (primary N) is 4. The van der Waals surface area contributed by atoms with Crippen LogP contribution in [0, 0.1) is 0 Å². The summed E-state index contributed by atoms with van der Waals surface area (Å²) in [5.74, 6) is 2.21. The van der Waals surface area contributed by atoms with Gasteiger partial charge in [-0.15, -0.1) is 11.6 Å². The van der Waals surface area contributed by atoms with Gasteiger partial charge < -0.3 is 33.6 Å². The Labute approximate surface area is 318 Å². The van der Waals surface area contributed by atoms with Crippen LogP contribution in [0.25, 0.3) is 0 Å². The lowest BCUT2D eigenvalue weighted by Gasteiger charge is -2.06. The molecule has 0 radical (unpaired) electrons. The van der Waals surface area contributed by atoms with E-state index in [0.29, 0.717) is 16.2 Å². The third-order valence-corrected chi connectivity index (χ3v) is 8.45. The van der Waals surface area contributed by atoms with E-state index in [-0.39, 0.29) is 10.2 Å². The molecule has 13 heteroatoms. The number of hydrogen-bond acceptors (Lipinski definition) is 6. The molecule has 0 amide bonds. The van der Waals surface area contributed by atoms with E-state index in [2.05, 4.69) is 44.9 Å². The largest absolute Gasteiger partial charge is 0.378 e. The average Bonchev–Trinajstić information content (AvgIpc) is 3.13. The van der Waals surface area contributed by atoms with Gasteiger partial charge in [-0.2, -0.15) is 0 Å². The number of thiocarbonyl (C=S) groups is 2. The van der Waals surface area contributed by atoms with Gasteiger partial charge in [-0.05, 0) is 89.7 Å². The van der Waals surface area contributed by atoms with Crippen molar-refractivity contribution in [2.24, 2.45) is 32.9 Å². The normalized spacial score (nSPS) is 10.8. The molecule has 5 rings (SSSR count). The molecule has 0 aliphatic heterocycles. The van der Waals surface area contributed by atoms with Gasteiger partial charge in [-0.25, -0.2) is 9.98 Å². The Morgan fingerprint density at radius 3 is 1.10 bits per heavy atom. The highest BCUT2D eigenvalue weighted by molar-refractivity contribution is 8.13. The lowest BCUT2D eigenvalue weighted by molar-refractivity contribution is 1.41. The molecule has 0 fully saturated rings. The summed E-state index contributed by atoms with van der Waals surface area (Å²) in [6.45, 7) is 0. The quantitative estimate of drug-likeness (QED) is 0.0372. The third-order valence-electron chi connectivity index (χ3n) is 6.20. The van der Waals surface area contributed by atoms with E-state index < -0.39 is 0 Å². The van der Waals surface area contributed by atoms with Crippen molar-refractivity contribution in [1.29, 1.82) is 0 Å². The van der Waals surface area contributed by atoms with E-state index in [1.165, 1.54) is 40.2 Å². The molecule has 0 heterocycles. The van der Waals surface area contributed by atoms with E-state index in [0.717, 1.165) is 34.3 Å². The summed E-state index contributed by atoms with van der Waals surface area (Å²) in [6.07, 6.45) is 0. The fraction of sp³-hybridized carbons (Fsp3) is 0.0811. The summed E-state index contributed by atoms with van der Waals surface area (Å²) < 4.78 is 0. The van der Waals surface area contributed by atoms with Crippen molar-refractivity contribution < 1.29 is 0 Å². The van der Waals surface area contributed by atoms with Gasteiger partial charge in [-0.3, -0.25) is 0 Å². The second kappa shape index (κ2) is 22.9. The number of nitrogens with one attached hydrogen (secondary N) is 2.